The second-order valence-electron chi connectivity index (χ2n) is 5.78. The minimum atomic E-state index is -0.0193. The summed E-state index contributed by atoms with van der Waals surface area (Å²) < 4.78 is 11.2. The lowest BCUT2D eigenvalue weighted by Gasteiger charge is -2.33. The first-order valence-electron chi connectivity index (χ1n) is 7.81. The van der Waals surface area contributed by atoms with E-state index in [4.69, 9.17) is 9.47 Å². The maximum absolute atomic E-state index is 12.8. The number of carbonyl (C=O) groups is 1. The minimum absolute atomic E-state index is 0. The van der Waals surface area contributed by atoms with Gasteiger partial charge >= 0.3 is 0 Å². The van der Waals surface area contributed by atoms with Gasteiger partial charge in [0.25, 0.3) is 5.91 Å². The van der Waals surface area contributed by atoms with Crippen LogP contribution in [0.15, 0.2) is 12.1 Å². The van der Waals surface area contributed by atoms with Crippen LogP contribution in [0.2, 0.25) is 0 Å². The first-order chi connectivity index (χ1) is 10.8. The Morgan fingerprint density at radius 3 is 2.87 bits per heavy atom. The Morgan fingerprint density at radius 2 is 2.04 bits per heavy atom. The molecule has 0 radical (unpaired) electrons. The van der Waals surface area contributed by atoms with Crippen LogP contribution >= 0.6 is 12.4 Å². The SMILES string of the molecule is Cl.O=C1c2nc(N3CCOCC3)ccc2OCC2CNCCN12. The minimum Gasteiger partial charge on any atom is -0.489 e. The maximum Gasteiger partial charge on any atom is 0.276 e. The fraction of sp³-hybridized carbons (Fsp3) is 0.600. The van der Waals surface area contributed by atoms with Crippen LogP contribution in [-0.2, 0) is 4.74 Å². The van der Waals surface area contributed by atoms with Gasteiger partial charge < -0.3 is 24.6 Å². The summed E-state index contributed by atoms with van der Waals surface area (Å²) in [5.41, 5.74) is 0.438. The number of anilines is 1. The molecule has 1 atom stereocenters. The van der Waals surface area contributed by atoms with Crippen LogP contribution < -0.4 is 15.0 Å². The van der Waals surface area contributed by atoms with E-state index < -0.39 is 0 Å². The molecule has 0 bridgehead atoms. The molecule has 4 heterocycles. The lowest BCUT2D eigenvalue weighted by Crippen LogP contribution is -2.55. The quantitative estimate of drug-likeness (QED) is 0.785. The van der Waals surface area contributed by atoms with E-state index in [1.165, 1.54) is 0 Å². The monoisotopic (exact) mass is 340 g/mol. The third kappa shape index (κ3) is 3.08. The average Bonchev–Trinajstić information content (AvgIpc) is 2.73. The molecular weight excluding hydrogens is 320 g/mol. The molecule has 23 heavy (non-hydrogen) atoms. The first-order valence-corrected chi connectivity index (χ1v) is 7.81. The van der Waals surface area contributed by atoms with Crippen LogP contribution in [0.1, 0.15) is 10.5 Å². The predicted molar refractivity (Wildman–Crippen MR) is 87.7 cm³/mol. The number of ether oxygens (including phenoxy) is 2. The fourth-order valence-electron chi connectivity index (χ4n) is 3.17. The number of nitrogens with one attached hydrogen (secondary N) is 1. The number of halogens is 1. The third-order valence-corrected chi connectivity index (χ3v) is 4.42. The van der Waals surface area contributed by atoms with Crippen LogP contribution in [0.5, 0.6) is 5.75 Å². The number of aromatic nitrogens is 1. The topological polar surface area (TPSA) is 66.9 Å². The summed E-state index contributed by atoms with van der Waals surface area (Å²) in [6.07, 6.45) is 0. The van der Waals surface area contributed by atoms with Crippen LogP contribution in [0.4, 0.5) is 5.82 Å². The molecule has 0 spiro atoms. The molecule has 0 aliphatic carbocycles. The van der Waals surface area contributed by atoms with Crippen molar-refractivity contribution in [1.82, 2.24) is 15.2 Å². The van der Waals surface area contributed by atoms with Gasteiger partial charge in [0.2, 0.25) is 0 Å². The second kappa shape index (κ2) is 6.90. The van der Waals surface area contributed by atoms with E-state index in [1.807, 2.05) is 17.0 Å². The Balaban J connectivity index is 0.00000156. The van der Waals surface area contributed by atoms with Crippen molar-refractivity contribution < 1.29 is 14.3 Å². The van der Waals surface area contributed by atoms with E-state index in [0.29, 0.717) is 37.8 Å². The van der Waals surface area contributed by atoms with Gasteiger partial charge in [-0.3, -0.25) is 4.79 Å². The van der Waals surface area contributed by atoms with Crippen molar-refractivity contribution in [2.75, 3.05) is 57.4 Å². The number of hydrogen-bond acceptors (Lipinski definition) is 6. The highest BCUT2D eigenvalue weighted by molar-refractivity contribution is 5.96. The van der Waals surface area contributed by atoms with E-state index in [0.717, 1.165) is 32.0 Å². The smallest absolute Gasteiger partial charge is 0.276 e. The number of morpholine rings is 1. The summed E-state index contributed by atoms with van der Waals surface area (Å²) in [5.74, 6) is 1.40. The molecule has 8 heteroatoms. The van der Waals surface area contributed by atoms with Gasteiger partial charge in [0.15, 0.2) is 11.4 Å². The average molecular weight is 341 g/mol. The number of fused-ring (bicyclic) bond motifs is 2. The summed E-state index contributed by atoms with van der Waals surface area (Å²) >= 11 is 0. The zero-order valence-electron chi connectivity index (χ0n) is 12.9. The third-order valence-electron chi connectivity index (χ3n) is 4.42. The van der Waals surface area contributed by atoms with E-state index in [9.17, 15) is 4.79 Å². The zero-order valence-corrected chi connectivity index (χ0v) is 13.7. The Morgan fingerprint density at radius 1 is 1.22 bits per heavy atom. The molecule has 0 saturated carbocycles. The molecule has 2 fully saturated rings. The molecule has 1 unspecified atom stereocenters. The number of nitrogens with zero attached hydrogens (tertiary/aromatic N) is 3. The van der Waals surface area contributed by atoms with Crippen LogP contribution in [-0.4, -0.2) is 74.4 Å². The molecule has 0 aromatic carbocycles. The highest BCUT2D eigenvalue weighted by Crippen LogP contribution is 2.27. The van der Waals surface area contributed by atoms with Gasteiger partial charge in [0, 0.05) is 32.7 Å². The molecule has 126 valence electrons. The van der Waals surface area contributed by atoms with E-state index in [-0.39, 0.29) is 24.4 Å². The van der Waals surface area contributed by atoms with Gasteiger partial charge in [-0.15, -0.1) is 12.4 Å². The maximum atomic E-state index is 12.8. The Labute approximate surface area is 141 Å². The van der Waals surface area contributed by atoms with Crippen molar-refractivity contribution in [1.29, 1.82) is 0 Å². The van der Waals surface area contributed by atoms with Gasteiger partial charge in [-0.1, -0.05) is 0 Å². The van der Waals surface area contributed by atoms with Crippen molar-refractivity contribution in [2.45, 2.75) is 6.04 Å². The lowest BCUT2D eigenvalue weighted by atomic mass is 10.2. The molecule has 2 saturated heterocycles. The van der Waals surface area contributed by atoms with Crippen LogP contribution in [0.3, 0.4) is 0 Å². The van der Waals surface area contributed by atoms with Gasteiger partial charge in [-0.25, -0.2) is 4.98 Å². The zero-order chi connectivity index (χ0) is 14.9. The van der Waals surface area contributed by atoms with Crippen LogP contribution in [0.25, 0.3) is 0 Å². The predicted octanol–water partition coefficient (Wildman–Crippen LogP) is 0.146. The van der Waals surface area contributed by atoms with E-state index in [1.54, 1.807) is 0 Å². The first kappa shape index (κ1) is 16.3. The largest absolute Gasteiger partial charge is 0.489 e. The molecule has 1 amide bonds. The lowest BCUT2D eigenvalue weighted by molar-refractivity contribution is 0.0602. The molecule has 1 aromatic heterocycles. The molecule has 1 aromatic rings. The number of amides is 1. The molecule has 4 rings (SSSR count). The fourth-order valence-corrected chi connectivity index (χ4v) is 3.17. The normalized spacial score (nSPS) is 24.0. The standard InChI is InChI=1S/C15H20N4O3.ClH/c20-15-14-12(22-10-11-9-16-3-4-19(11)15)1-2-13(17-14)18-5-7-21-8-6-18;/h1-2,11,16H,3-10H2;1H. The highest BCUT2D eigenvalue weighted by atomic mass is 35.5. The summed E-state index contributed by atoms with van der Waals surface area (Å²) in [5, 5.41) is 3.31. The summed E-state index contributed by atoms with van der Waals surface area (Å²) in [6.45, 7) is 5.82. The van der Waals surface area contributed by atoms with E-state index >= 15 is 0 Å². The molecule has 7 nitrogen and oxygen atoms in total. The van der Waals surface area contributed by atoms with Crippen LogP contribution in [0, 0.1) is 0 Å². The van der Waals surface area contributed by atoms with Crippen molar-refractivity contribution >= 4 is 24.1 Å². The second-order valence-corrected chi connectivity index (χ2v) is 5.78. The number of hydrogen-bond donors (Lipinski definition) is 1. The highest BCUT2D eigenvalue weighted by Gasteiger charge is 2.34. The summed E-state index contributed by atoms with van der Waals surface area (Å²) in [7, 11) is 0. The molecule has 3 aliphatic rings. The van der Waals surface area contributed by atoms with Crippen molar-refractivity contribution in [3.8, 4) is 5.75 Å². The summed E-state index contributed by atoms with van der Waals surface area (Å²) in [4.78, 5) is 21.5. The Bertz CT molecular complexity index is 580. The van der Waals surface area contributed by atoms with Gasteiger partial charge in [-0.05, 0) is 12.1 Å². The van der Waals surface area contributed by atoms with Crippen molar-refractivity contribution in [2.24, 2.45) is 0 Å². The van der Waals surface area contributed by atoms with Gasteiger partial charge in [0.05, 0.1) is 19.3 Å². The molecule has 3 aliphatic heterocycles. The number of pyridine rings is 1. The molecular formula is C15H21ClN4O3. The van der Waals surface area contributed by atoms with Gasteiger partial charge in [-0.2, -0.15) is 0 Å². The van der Waals surface area contributed by atoms with Gasteiger partial charge in [0.1, 0.15) is 12.4 Å². The number of piperazine rings is 1. The Kier molecular flexibility index (Phi) is 4.89. The Hall–Kier alpha value is -1.57. The number of rotatable bonds is 1. The van der Waals surface area contributed by atoms with E-state index in [2.05, 4.69) is 15.2 Å². The molecule has 1 N–H and O–H groups in total. The van der Waals surface area contributed by atoms with Crippen molar-refractivity contribution in [3.63, 3.8) is 0 Å². The number of carbonyl (C=O) groups excluding carboxylic acids is 1. The summed E-state index contributed by atoms with van der Waals surface area (Å²) in [6, 6.07) is 3.89. The van der Waals surface area contributed by atoms with Crippen molar-refractivity contribution in [3.05, 3.63) is 17.8 Å².